The topological polar surface area (TPSA) is 40.5 Å². The van der Waals surface area contributed by atoms with Crippen molar-refractivity contribution in [2.75, 3.05) is 0 Å². The molecule has 0 aromatic heterocycles. The predicted molar refractivity (Wildman–Crippen MR) is 95.6 cm³/mol. The molecule has 3 atom stereocenters. The van der Waals surface area contributed by atoms with Crippen molar-refractivity contribution in [3.05, 3.63) is 83.9 Å². The fraction of sp³-hybridized carbons (Fsp3) is 0.286. The SMILES string of the molecule is C[C@H](c1ccccc1)N(C(=O)c1ccccc1)[C@H]1C=CCC[C@@H]1O. The summed E-state index contributed by atoms with van der Waals surface area (Å²) in [7, 11) is 0. The fourth-order valence-electron chi connectivity index (χ4n) is 3.27. The van der Waals surface area contributed by atoms with Crippen LogP contribution in [0.4, 0.5) is 0 Å². The minimum absolute atomic E-state index is 0.0532. The van der Waals surface area contributed by atoms with Crippen molar-refractivity contribution in [1.29, 1.82) is 0 Å². The molecule has 2 aromatic carbocycles. The van der Waals surface area contributed by atoms with Gasteiger partial charge in [-0.25, -0.2) is 0 Å². The monoisotopic (exact) mass is 321 g/mol. The number of aliphatic hydroxyl groups is 1. The van der Waals surface area contributed by atoms with Crippen LogP contribution in [-0.2, 0) is 0 Å². The number of hydrogen-bond acceptors (Lipinski definition) is 2. The van der Waals surface area contributed by atoms with Crippen LogP contribution in [0.25, 0.3) is 0 Å². The van der Waals surface area contributed by atoms with Crippen LogP contribution in [0.1, 0.15) is 41.7 Å². The Morgan fingerprint density at radius 1 is 1.08 bits per heavy atom. The standard InChI is InChI=1S/C21H23NO2/c1-16(17-10-4-2-5-11-17)22(19-14-8-9-15-20(19)23)21(24)18-12-6-3-7-13-18/h2-8,10-14,16,19-20,23H,9,15H2,1H3/t16-,19+,20+/m1/s1. The van der Waals surface area contributed by atoms with E-state index in [1.54, 1.807) is 0 Å². The summed E-state index contributed by atoms with van der Waals surface area (Å²) in [6.45, 7) is 2.02. The Balaban J connectivity index is 1.99. The van der Waals surface area contributed by atoms with E-state index in [1.807, 2.05) is 78.6 Å². The minimum Gasteiger partial charge on any atom is -0.391 e. The smallest absolute Gasteiger partial charge is 0.254 e. The molecule has 0 unspecified atom stereocenters. The maximum atomic E-state index is 13.2. The molecule has 0 heterocycles. The molecule has 0 fully saturated rings. The normalized spacial score (nSPS) is 21.2. The van der Waals surface area contributed by atoms with E-state index in [0.717, 1.165) is 12.0 Å². The van der Waals surface area contributed by atoms with Gasteiger partial charge in [-0.1, -0.05) is 60.7 Å². The van der Waals surface area contributed by atoms with Gasteiger partial charge in [-0.2, -0.15) is 0 Å². The summed E-state index contributed by atoms with van der Waals surface area (Å²) in [6, 6.07) is 18.8. The number of carbonyl (C=O) groups excluding carboxylic acids is 1. The molecule has 3 heteroatoms. The van der Waals surface area contributed by atoms with E-state index in [2.05, 4.69) is 6.08 Å². The minimum atomic E-state index is -0.533. The van der Waals surface area contributed by atoms with Crippen LogP contribution in [0.15, 0.2) is 72.8 Å². The second-order valence-electron chi connectivity index (χ2n) is 6.23. The Kier molecular flexibility index (Phi) is 5.11. The van der Waals surface area contributed by atoms with Crippen LogP contribution in [0.3, 0.4) is 0 Å². The first-order valence-electron chi connectivity index (χ1n) is 8.46. The Hall–Kier alpha value is -2.39. The Morgan fingerprint density at radius 2 is 1.71 bits per heavy atom. The molecule has 0 radical (unpaired) electrons. The number of aliphatic hydroxyl groups excluding tert-OH is 1. The summed E-state index contributed by atoms with van der Waals surface area (Å²) in [4.78, 5) is 15.0. The van der Waals surface area contributed by atoms with E-state index in [4.69, 9.17) is 0 Å². The highest BCUT2D eigenvalue weighted by Gasteiger charge is 2.33. The molecule has 0 saturated carbocycles. The molecule has 1 amide bonds. The second kappa shape index (κ2) is 7.45. The van der Waals surface area contributed by atoms with Crippen molar-refractivity contribution in [2.45, 2.75) is 38.0 Å². The van der Waals surface area contributed by atoms with E-state index in [-0.39, 0.29) is 18.0 Å². The van der Waals surface area contributed by atoms with Gasteiger partial charge in [0.2, 0.25) is 0 Å². The highest BCUT2D eigenvalue weighted by molar-refractivity contribution is 5.94. The molecule has 24 heavy (non-hydrogen) atoms. The van der Waals surface area contributed by atoms with Gasteiger partial charge in [0.25, 0.3) is 5.91 Å². The summed E-state index contributed by atoms with van der Waals surface area (Å²) in [5.74, 6) is -0.0532. The van der Waals surface area contributed by atoms with Gasteiger partial charge in [0.15, 0.2) is 0 Å². The van der Waals surface area contributed by atoms with E-state index >= 15 is 0 Å². The fourth-order valence-corrected chi connectivity index (χ4v) is 3.27. The van der Waals surface area contributed by atoms with Crippen molar-refractivity contribution < 1.29 is 9.90 Å². The molecular weight excluding hydrogens is 298 g/mol. The highest BCUT2D eigenvalue weighted by atomic mass is 16.3. The van der Waals surface area contributed by atoms with Crippen LogP contribution >= 0.6 is 0 Å². The maximum absolute atomic E-state index is 13.2. The number of carbonyl (C=O) groups is 1. The van der Waals surface area contributed by atoms with E-state index in [0.29, 0.717) is 12.0 Å². The molecule has 124 valence electrons. The molecular formula is C21H23NO2. The van der Waals surface area contributed by atoms with Gasteiger partial charge in [0.1, 0.15) is 0 Å². The number of nitrogens with zero attached hydrogens (tertiary/aromatic N) is 1. The molecule has 2 aromatic rings. The second-order valence-corrected chi connectivity index (χ2v) is 6.23. The Morgan fingerprint density at radius 3 is 2.33 bits per heavy atom. The van der Waals surface area contributed by atoms with E-state index < -0.39 is 6.10 Å². The van der Waals surface area contributed by atoms with Gasteiger partial charge in [0.05, 0.1) is 18.2 Å². The third-order valence-corrected chi connectivity index (χ3v) is 4.63. The van der Waals surface area contributed by atoms with Gasteiger partial charge in [0, 0.05) is 5.56 Å². The summed E-state index contributed by atoms with van der Waals surface area (Å²) in [6.07, 6.45) is 5.02. The molecule has 1 aliphatic carbocycles. The van der Waals surface area contributed by atoms with Crippen LogP contribution in [0.2, 0.25) is 0 Å². The molecule has 1 N–H and O–H groups in total. The van der Waals surface area contributed by atoms with E-state index in [1.165, 1.54) is 0 Å². The number of allylic oxidation sites excluding steroid dienone is 1. The largest absolute Gasteiger partial charge is 0.391 e. The van der Waals surface area contributed by atoms with Gasteiger partial charge < -0.3 is 10.0 Å². The first-order chi connectivity index (χ1) is 11.7. The molecule has 0 aliphatic heterocycles. The third-order valence-electron chi connectivity index (χ3n) is 4.63. The Labute approximate surface area is 143 Å². The lowest BCUT2D eigenvalue weighted by molar-refractivity contribution is 0.0313. The summed E-state index contributed by atoms with van der Waals surface area (Å²) in [5, 5.41) is 10.5. The number of rotatable bonds is 4. The zero-order valence-electron chi connectivity index (χ0n) is 13.9. The lowest BCUT2D eigenvalue weighted by atomic mass is 9.94. The van der Waals surface area contributed by atoms with Crippen molar-refractivity contribution in [3.63, 3.8) is 0 Å². The zero-order valence-corrected chi connectivity index (χ0v) is 13.9. The Bertz CT molecular complexity index is 696. The molecule has 0 spiro atoms. The van der Waals surface area contributed by atoms with Gasteiger partial charge in [-0.15, -0.1) is 0 Å². The number of amides is 1. The average molecular weight is 321 g/mol. The van der Waals surface area contributed by atoms with Crippen LogP contribution < -0.4 is 0 Å². The molecule has 0 bridgehead atoms. The first kappa shape index (κ1) is 16.5. The third kappa shape index (κ3) is 3.41. The highest BCUT2D eigenvalue weighted by Crippen LogP contribution is 2.29. The van der Waals surface area contributed by atoms with Crippen molar-refractivity contribution in [1.82, 2.24) is 4.90 Å². The molecule has 3 rings (SSSR count). The average Bonchev–Trinajstić information content (AvgIpc) is 2.64. The van der Waals surface area contributed by atoms with Gasteiger partial charge >= 0.3 is 0 Å². The van der Waals surface area contributed by atoms with Crippen molar-refractivity contribution in [2.24, 2.45) is 0 Å². The van der Waals surface area contributed by atoms with E-state index in [9.17, 15) is 9.90 Å². The van der Waals surface area contributed by atoms with Gasteiger partial charge in [-0.05, 0) is 37.5 Å². The summed E-state index contributed by atoms with van der Waals surface area (Å²) >= 11 is 0. The van der Waals surface area contributed by atoms with Crippen LogP contribution in [0.5, 0.6) is 0 Å². The van der Waals surface area contributed by atoms with Crippen LogP contribution in [0, 0.1) is 0 Å². The van der Waals surface area contributed by atoms with Crippen molar-refractivity contribution >= 4 is 5.91 Å². The molecule has 0 saturated heterocycles. The molecule has 1 aliphatic rings. The predicted octanol–water partition coefficient (Wildman–Crippen LogP) is 3.97. The number of hydrogen-bond donors (Lipinski definition) is 1. The van der Waals surface area contributed by atoms with Crippen LogP contribution in [-0.4, -0.2) is 28.1 Å². The molecule has 3 nitrogen and oxygen atoms in total. The zero-order chi connectivity index (χ0) is 16.9. The summed E-state index contributed by atoms with van der Waals surface area (Å²) < 4.78 is 0. The number of benzene rings is 2. The van der Waals surface area contributed by atoms with Crippen molar-refractivity contribution in [3.8, 4) is 0 Å². The van der Waals surface area contributed by atoms with Gasteiger partial charge in [-0.3, -0.25) is 4.79 Å². The lowest BCUT2D eigenvalue weighted by Gasteiger charge is -2.39. The lowest BCUT2D eigenvalue weighted by Crippen LogP contribution is -2.48. The quantitative estimate of drug-likeness (QED) is 0.866. The first-order valence-corrected chi connectivity index (χ1v) is 8.46. The summed E-state index contributed by atoms with van der Waals surface area (Å²) in [5.41, 5.74) is 1.71. The maximum Gasteiger partial charge on any atom is 0.254 e.